The van der Waals surface area contributed by atoms with E-state index in [9.17, 15) is 4.79 Å². The molecule has 0 fully saturated rings. The van der Waals surface area contributed by atoms with Crippen molar-refractivity contribution >= 4 is 23.2 Å². The van der Waals surface area contributed by atoms with Crippen LogP contribution in [0.2, 0.25) is 5.02 Å². The van der Waals surface area contributed by atoms with Crippen molar-refractivity contribution in [3.63, 3.8) is 0 Å². The highest BCUT2D eigenvalue weighted by molar-refractivity contribution is 6.32. The van der Waals surface area contributed by atoms with Gasteiger partial charge in [-0.25, -0.2) is 0 Å². The maximum atomic E-state index is 12.0. The summed E-state index contributed by atoms with van der Waals surface area (Å²) in [4.78, 5) is 13.9. The Morgan fingerprint density at radius 3 is 2.71 bits per heavy atom. The van der Waals surface area contributed by atoms with Crippen LogP contribution in [0, 0.1) is 11.3 Å². The van der Waals surface area contributed by atoms with Gasteiger partial charge in [0, 0.05) is 12.2 Å². The fourth-order valence-corrected chi connectivity index (χ4v) is 2.27. The van der Waals surface area contributed by atoms with Crippen molar-refractivity contribution in [3.05, 3.63) is 59.1 Å². The smallest absolute Gasteiger partial charge is 0.238 e. The number of hydrogen-bond acceptors (Lipinski definition) is 4. The second-order valence-electron chi connectivity index (χ2n) is 5.25. The van der Waals surface area contributed by atoms with E-state index >= 15 is 0 Å². The largest absolute Gasteiger partial charge is 0.492 e. The number of nitrogens with one attached hydrogen (secondary N) is 1. The van der Waals surface area contributed by atoms with Crippen LogP contribution in [0.1, 0.15) is 5.56 Å². The number of halogens is 1. The van der Waals surface area contributed by atoms with Gasteiger partial charge in [-0.1, -0.05) is 29.8 Å². The number of para-hydroxylation sites is 1. The van der Waals surface area contributed by atoms with Crippen LogP contribution in [-0.4, -0.2) is 37.6 Å². The zero-order valence-corrected chi connectivity index (χ0v) is 14.1. The van der Waals surface area contributed by atoms with E-state index in [0.29, 0.717) is 29.4 Å². The summed E-state index contributed by atoms with van der Waals surface area (Å²) in [5.74, 6) is 0.653. The molecular formula is C18H18ClN3O2. The number of benzene rings is 2. The van der Waals surface area contributed by atoms with Crippen molar-refractivity contribution in [1.29, 1.82) is 5.26 Å². The van der Waals surface area contributed by atoms with Crippen molar-refractivity contribution in [3.8, 4) is 11.8 Å². The number of ether oxygens (including phenoxy) is 1. The highest BCUT2D eigenvalue weighted by atomic mass is 35.5. The second-order valence-corrected chi connectivity index (χ2v) is 5.66. The van der Waals surface area contributed by atoms with E-state index in [0.717, 1.165) is 5.75 Å². The quantitative estimate of drug-likeness (QED) is 0.838. The van der Waals surface area contributed by atoms with Gasteiger partial charge in [0.1, 0.15) is 18.4 Å². The Morgan fingerprint density at radius 1 is 1.29 bits per heavy atom. The summed E-state index contributed by atoms with van der Waals surface area (Å²) >= 11 is 5.94. The van der Waals surface area contributed by atoms with Crippen molar-refractivity contribution in [1.82, 2.24) is 4.90 Å². The van der Waals surface area contributed by atoms with Crippen LogP contribution in [0.4, 0.5) is 5.69 Å². The van der Waals surface area contributed by atoms with Gasteiger partial charge in [0.05, 0.1) is 17.1 Å². The predicted molar refractivity (Wildman–Crippen MR) is 94.2 cm³/mol. The molecule has 1 amide bonds. The number of amides is 1. The molecule has 0 saturated carbocycles. The molecule has 0 aliphatic carbocycles. The van der Waals surface area contributed by atoms with Crippen LogP contribution in [0.5, 0.6) is 5.75 Å². The maximum absolute atomic E-state index is 12.0. The van der Waals surface area contributed by atoms with Crippen molar-refractivity contribution in [2.45, 2.75) is 0 Å². The monoisotopic (exact) mass is 343 g/mol. The van der Waals surface area contributed by atoms with Crippen LogP contribution in [0.15, 0.2) is 48.5 Å². The summed E-state index contributed by atoms with van der Waals surface area (Å²) in [5.41, 5.74) is 0.947. The van der Waals surface area contributed by atoms with E-state index in [2.05, 4.69) is 5.32 Å². The lowest BCUT2D eigenvalue weighted by Gasteiger charge is -2.16. The summed E-state index contributed by atoms with van der Waals surface area (Å²) in [6.45, 7) is 1.35. The van der Waals surface area contributed by atoms with Crippen LogP contribution < -0.4 is 10.1 Å². The third kappa shape index (κ3) is 5.58. The minimum atomic E-state index is -0.155. The minimum Gasteiger partial charge on any atom is -0.492 e. The van der Waals surface area contributed by atoms with Crippen molar-refractivity contribution < 1.29 is 9.53 Å². The first-order valence-corrected chi connectivity index (χ1v) is 7.82. The molecule has 0 saturated heterocycles. The molecule has 1 N–H and O–H groups in total. The Labute approximate surface area is 146 Å². The Kier molecular flexibility index (Phi) is 6.62. The molecule has 0 unspecified atom stereocenters. The van der Waals surface area contributed by atoms with Gasteiger partial charge in [-0.2, -0.15) is 5.26 Å². The molecule has 0 spiro atoms. The van der Waals surface area contributed by atoms with Crippen LogP contribution in [-0.2, 0) is 4.79 Å². The first kappa shape index (κ1) is 17.8. The molecule has 2 aromatic rings. The first-order chi connectivity index (χ1) is 11.6. The molecule has 124 valence electrons. The summed E-state index contributed by atoms with van der Waals surface area (Å²) < 4.78 is 5.60. The molecule has 0 bridgehead atoms. The van der Waals surface area contributed by atoms with Gasteiger partial charge in [-0.15, -0.1) is 0 Å². The van der Waals surface area contributed by atoms with E-state index in [4.69, 9.17) is 21.6 Å². The lowest BCUT2D eigenvalue weighted by molar-refractivity contribution is -0.117. The highest BCUT2D eigenvalue weighted by Gasteiger charge is 2.08. The molecule has 5 nitrogen and oxygen atoms in total. The Hall–Kier alpha value is -2.55. The maximum Gasteiger partial charge on any atom is 0.238 e. The third-order valence-corrected chi connectivity index (χ3v) is 3.58. The number of nitrogens with zero attached hydrogens (tertiary/aromatic N) is 2. The zero-order valence-electron chi connectivity index (χ0n) is 13.3. The second kappa shape index (κ2) is 8.92. The Balaban J connectivity index is 1.75. The van der Waals surface area contributed by atoms with Gasteiger partial charge in [-0.3, -0.25) is 9.69 Å². The molecule has 0 aliphatic heterocycles. The third-order valence-electron chi connectivity index (χ3n) is 3.27. The van der Waals surface area contributed by atoms with E-state index in [1.807, 2.05) is 48.3 Å². The zero-order chi connectivity index (χ0) is 17.4. The fourth-order valence-electron chi connectivity index (χ4n) is 2.04. The molecule has 0 heterocycles. The molecule has 24 heavy (non-hydrogen) atoms. The van der Waals surface area contributed by atoms with Crippen LogP contribution in [0.25, 0.3) is 0 Å². The highest BCUT2D eigenvalue weighted by Crippen LogP contribution is 2.20. The number of carbonyl (C=O) groups is 1. The summed E-state index contributed by atoms with van der Waals surface area (Å²) in [6, 6.07) is 16.3. The van der Waals surface area contributed by atoms with Gasteiger partial charge in [0.15, 0.2) is 0 Å². The topological polar surface area (TPSA) is 65.4 Å². The summed E-state index contributed by atoms with van der Waals surface area (Å²) in [5, 5.41) is 11.9. The number of carbonyl (C=O) groups excluding carboxylic acids is 1. The number of hydrogen-bond donors (Lipinski definition) is 1. The van der Waals surface area contributed by atoms with E-state index in [1.165, 1.54) is 0 Å². The SMILES string of the molecule is CN(CCOc1ccccc1)CC(=O)Nc1ccc(C#N)c(Cl)c1. The Bertz CT molecular complexity index is 729. The van der Waals surface area contributed by atoms with Crippen LogP contribution >= 0.6 is 11.6 Å². The lowest BCUT2D eigenvalue weighted by atomic mass is 10.2. The van der Waals surface area contributed by atoms with Crippen molar-refractivity contribution in [2.24, 2.45) is 0 Å². The first-order valence-electron chi connectivity index (χ1n) is 7.44. The summed E-state index contributed by atoms with van der Waals surface area (Å²) in [6.07, 6.45) is 0. The predicted octanol–water partition coefficient (Wildman–Crippen LogP) is 3.16. The average molecular weight is 344 g/mol. The molecule has 0 aliphatic rings. The number of anilines is 1. The molecule has 2 rings (SSSR count). The number of rotatable bonds is 7. The van der Waals surface area contributed by atoms with Gasteiger partial charge in [-0.05, 0) is 37.4 Å². The normalized spacial score (nSPS) is 10.2. The van der Waals surface area contributed by atoms with Gasteiger partial charge >= 0.3 is 0 Å². The molecule has 6 heteroatoms. The molecule has 2 aromatic carbocycles. The van der Waals surface area contributed by atoms with E-state index < -0.39 is 0 Å². The average Bonchev–Trinajstić information content (AvgIpc) is 2.56. The molecular weight excluding hydrogens is 326 g/mol. The van der Waals surface area contributed by atoms with Gasteiger partial charge < -0.3 is 10.1 Å². The molecule has 0 atom stereocenters. The van der Waals surface area contributed by atoms with Gasteiger partial charge in [0.2, 0.25) is 5.91 Å². The summed E-state index contributed by atoms with van der Waals surface area (Å²) in [7, 11) is 1.85. The Morgan fingerprint density at radius 2 is 2.04 bits per heavy atom. The van der Waals surface area contributed by atoms with Crippen LogP contribution in [0.3, 0.4) is 0 Å². The minimum absolute atomic E-state index is 0.155. The van der Waals surface area contributed by atoms with E-state index in [1.54, 1.807) is 18.2 Å². The lowest BCUT2D eigenvalue weighted by Crippen LogP contribution is -2.33. The number of likely N-dealkylation sites (N-methyl/N-ethyl adjacent to an activating group) is 1. The van der Waals surface area contributed by atoms with Crippen molar-refractivity contribution in [2.75, 3.05) is 32.1 Å². The number of nitriles is 1. The fraction of sp³-hybridized carbons (Fsp3) is 0.222. The molecule has 0 aromatic heterocycles. The molecule has 0 radical (unpaired) electrons. The van der Waals surface area contributed by atoms with Gasteiger partial charge in [0.25, 0.3) is 0 Å². The standard InChI is InChI=1S/C18H18ClN3O2/c1-22(9-10-24-16-5-3-2-4-6-16)13-18(23)21-15-8-7-14(12-20)17(19)11-15/h2-8,11H,9-10,13H2,1H3,(H,21,23). The van der Waals surface area contributed by atoms with E-state index in [-0.39, 0.29) is 12.5 Å².